The molecule has 7 nitrogen and oxygen atoms in total. The number of hydrogen-bond donors (Lipinski definition) is 2. The number of anilines is 1. The van der Waals surface area contributed by atoms with Crippen LogP contribution in [0.25, 0.3) is 5.69 Å². The van der Waals surface area contributed by atoms with Gasteiger partial charge >= 0.3 is 0 Å². The third-order valence-corrected chi connectivity index (χ3v) is 2.54. The first-order chi connectivity index (χ1) is 8.98. The van der Waals surface area contributed by atoms with E-state index in [0.29, 0.717) is 5.95 Å². The second-order valence-electron chi connectivity index (χ2n) is 4.90. The van der Waals surface area contributed by atoms with Crippen molar-refractivity contribution in [3.05, 3.63) is 30.3 Å². The summed E-state index contributed by atoms with van der Waals surface area (Å²) >= 11 is 0. The van der Waals surface area contributed by atoms with Gasteiger partial charge in [0.05, 0.1) is 5.69 Å². The quantitative estimate of drug-likeness (QED) is 0.825. The van der Waals surface area contributed by atoms with E-state index in [1.54, 1.807) is 4.68 Å². The lowest BCUT2D eigenvalue weighted by Crippen LogP contribution is -2.37. The van der Waals surface area contributed by atoms with Crippen LogP contribution < -0.4 is 11.1 Å². The summed E-state index contributed by atoms with van der Waals surface area (Å²) in [4.78, 5) is 11.0. The zero-order chi connectivity index (χ0) is 13.9. The summed E-state index contributed by atoms with van der Waals surface area (Å²) in [6, 6.07) is 9.49. The standard InChI is InChI=1S/C12H16N6O/c1-12(2,8-10(13)19)14-11-15-16-17-18(11)9-6-4-3-5-7-9/h3-7H,8H2,1-2H3,(H2,13,19)(H,14,15,17). The van der Waals surface area contributed by atoms with E-state index in [-0.39, 0.29) is 12.3 Å². The maximum Gasteiger partial charge on any atom is 0.248 e. The molecule has 0 saturated carbocycles. The molecule has 1 aromatic carbocycles. The highest BCUT2D eigenvalue weighted by atomic mass is 16.1. The monoisotopic (exact) mass is 260 g/mol. The minimum atomic E-state index is -0.521. The van der Waals surface area contributed by atoms with Crippen LogP contribution in [0.5, 0.6) is 0 Å². The van der Waals surface area contributed by atoms with Crippen LogP contribution in [0.3, 0.4) is 0 Å². The number of carbonyl (C=O) groups excluding carboxylic acids is 1. The van der Waals surface area contributed by atoms with Crippen LogP contribution in [0.2, 0.25) is 0 Å². The molecule has 2 aromatic rings. The smallest absolute Gasteiger partial charge is 0.248 e. The normalized spacial score (nSPS) is 11.3. The van der Waals surface area contributed by atoms with Crippen LogP contribution in [0.1, 0.15) is 20.3 Å². The van der Waals surface area contributed by atoms with Gasteiger partial charge in [-0.15, -0.1) is 0 Å². The molecule has 7 heteroatoms. The summed E-state index contributed by atoms with van der Waals surface area (Å²) in [5, 5.41) is 14.6. The Labute approximate surface area is 110 Å². The van der Waals surface area contributed by atoms with Crippen molar-refractivity contribution in [3.63, 3.8) is 0 Å². The zero-order valence-corrected chi connectivity index (χ0v) is 10.9. The molecule has 2 rings (SSSR count). The Morgan fingerprint density at radius 3 is 2.68 bits per heavy atom. The van der Waals surface area contributed by atoms with Crippen molar-refractivity contribution >= 4 is 11.9 Å². The molecule has 0 radical (unpaired) electrons. The number of rotatable bonds is 5. The van der Waals surface area contributed by atoms with E-state index in [4.69, 9.17) is 5.73 Å². The zero-order valence-electron chi connectivity index (χ0n) is 10.9. The largest absolute Gasteiger partial charge is 0.370 e. The molecule has 1 heterocycles. The highest BCUT2D eigenvalue weighted by Gasteiger charge is 2.23. The third kappa shape index (κ3) is 3.27. The topological polar surface area (TPSA) is 98.7 Å². The summed E-state index contributed by atoms with van der Waals surface area (Å²) in [6.45, 7) is 3.73. The Kier molecular flexibility index (Phi) is 3.46. The molecule has 1 amide bonds. The maximum atomic E-state index is 11.0. The minimum Gasteiger partial charge on any atom is -0.370 e. The van der Waals surface area contributed by atoms with Crippen LogP contribution in [-0.2, 0) is 4.79 Å². The van der Waals surface area contributed by atoms with E-state index in [2.05, 4.69) is 20.8 Å². The van der Waals surface area contributed by atoms with E-state index in [1.807, 2.05) is 44.2 Å². The van der Waals surface area contributed by atoms with Gasteiger partial charge in [0.25, 0.3) is 0 Å². The van der Waals surface area contributed by atoms with Crippen molar-refractivity contribution in [3.8, 4) is 5.69 Å². The SMILES string of the molecule is CC(C)(CC(N)=O)Nc1nnnn1-c1ccccc1. The summed E-state index contributed by atoms with van der Waals surface area (Å²) in [5.74, 6) is 0.0914. The Morgan fingerprint density at radius 1 is 1.37 bits per heavy atom. The summed E-state index contributed by atoms with van der Waals surface area (Å²) in [7, 11) is 0. The second-order valence-corrected chi connectivity index (χ2v) is 4.90. The molecule has 0 spiro atoms. The third-order valence-electron chi connectivity index (χ3n) is 2.54. The van der Waals surface area contributed by atoms with Gasteiger partial charge in [-0.2, -0.15) is 4.68 Å². The number of primary amides is 1. The van der Waals surface area contributed by atoms with Gasteiger partial charge in [-0.3, -0.25) is 4.79 Å². The number of nitrogens with two attached hydrogens (primary N) is 1. The average molecular weight is 260 g/mol. The molecular formula is C12H16N6O. The van der Waals surface area contributed by atoms with Gasteiger partial charge in [-0.05, 0) is 36.4 Å². The average Bonchev–Trinajstić information content (AvgIpc) is 2.75. The molecule has 0 bridgehead atoms. The van der Waals surface area contributed by atoms with Gasteiger partial charge in [-0.1, -0.05) is 23.3 Å². The predicted octanol–water partition coefficient (Wildman–Crippen LogP) is 0.728. The van der Waals surface area contributed by atoms with E-state index in [9.17, 15) is 4.79 Å². The van der Waals surface area contributed by atoms with Gasteiger partial charge < -0.3 is 11.1 Å². The molecular weight excluding hydrogens is 244 g/mol. The molecule has 100 valence electrons. The van der Waals surface area contributed by atoms with E-state index >= 15 is 0 Å². The van der Waals surface area contributed by atoms with E-state index in [0.717, 1.165) is 5.69 Å². The van der Waals surface area contributed by atoms with E-state index < -0.39 is 5.54 Å². The van der Waals surface area contributed by atoms with Crippen molar-refractivity contribution in [2.75, 3.05) is 5.32 Å². The molecule has 0 atom stereocenters. The summed E-state index contributed by atoms with van der Waals surface area (Å²) < 4.78 is 1.57. The number of carbonyl (C=O) groups is 1. The molecule has 0 unspecified atom stereocenters. The van der Waals surface area contributed by atoms with Gasteiger partial charge in [0.15, 0.2) is 0 Å². The minimum absolute atomic E-state index is 0.189. The number of hydrogen-bond acceptors (Lipinski definition) is 5. The van der Waals surface area contributed by atoms with Crippen molar-refractivity contribution in [2.24, 2.45) is 5.73 Å². The molecule has 0 saturated heterocycles. The molecule has 1 aromatic heterocycles. The molecule has 0 aliphatic heterocycles. The Balaban J connectivity index is 2.24. The first kappa shape index (κ1) is 13.0. The molecule has 19 heavy (non-hydrogen) atoms. The predicted molar refractivity (Wildman–Crippen MR) is 70.7 cm³/mol. The highest BCUT2D eigenvalue weighted by Crippen LogP contribution is 2.17. The number of nitrogens with one attached hydrogen (secondary N) is 1. The van der Waals surface area contributed by atoms with Crippen LogP contribution in [-0.4, -0.2) is 31.7 Å². The number of aromatic nitrogens is 4. The van der Waals surface area contributed by atoms with Crippen LogP contribution >= 0.6 is 0 Å². The number of amides is 1. The van der Waals surface area contributed by atoms with Gasteiger partial charge in [0.2, 0.25) is 11.9 Å². The first-order valence-corrected chi connectivity index (χ1v) is 5.88. The molecule has 0 aliphatic rings. The summed E-state index contributed by atoms with van der Waals surface area (Å²) in [6.07, 6.45) is 0.189. The number of para-hydroxylation sites is 1. The second kappa shape index (κ2) is 5.05. The van der Waals surface area contributed by atoms with Gasteiger partial charge in [-0.25, -0.2) is 0 Å². The number of nitrogens with zero attached hydrogens (tertiary/aromatic N) is 4. The van der Waals surface area contributed by atoms with Crippen molar-refractivity contribution < 1.29 is 4.79 Å². The van der Waals surface area contributed by atoms with Crippen LogP contribution in [0.15, 0.2) is 30.3 Å². The molecule has 3 N–H and O–H groups in total. The van der Waals surface area contributed by atoms with Crippen molar-refractivity contribution in [1.82, 2.24) is 20.2 Å². The fourth-order valence-electron chi connectivity index (χ4n) is 1.79. The van der Waals surface area contributed by atoms with E-state index in [1.165, 1.54) is 0 Å². The number of benzene rings is 1. The molecule has 0 aliphatic carbocycles. The Bertz CT molecular complexity index is 563. The van der Waals surface area contributed by atoms with Crippen molar-refractivity contribution in [2.45, 2.75) is 25.8 Å². The fourth-order valence-corrected chi connectivity index (χ4v) is 1.79. The lowest BCUT2D eigenvalue weighted by molar-refractivity contribution is -0.118. The Hall–Kier alpha value is -2.44. The highest BCUT2D eigenvalue weighted by molar-refractivity contribution is 5.75. The van der Waals surface area contributed by atoms with Gasteiger partial charge in [0.1, 0.15) is 0 Å². The maximum absolute atomic E-state index is 11.0. The lowest BCUT2D eigenvalue weighted by atomic mass is 10.0. The Morgan fingerprint density at radius 2 is 2.05 bits per heavy atom. The lowest BCUT2D eigenvalue weighted by Gasteiger charge is -2.24. The molecule has 0 fully saturated rings. The van der Waals surface area contributed by atoms with Crippen LogP contribution in [0.4, 0.5) is 5.95 Å². The number of tetrazole rings is 1. The van der Waals surface area contributed by atoms with Crippen LogP contribution in [0, 0.1) is 0 Å². The van der Waals surface area contributed by atoms with Crippen molar-refractivity contribution in [1.29, 1.82) is 0 Å². The fraction of sp³-hybridized carbons (Fsp3) is 0.333. The first-order valence-electron chi connectivity index (χ1n) is 5.88. The van der Waals surface area contributed by atoms with Gasteiger partial charge in [0, 0.05) is 12.0 Å². The summed E-state index contributed by atoms with van der Waals surface area (Å²) in [5.41, 5.74) is 5.54.